The minimum absolute atomic E-state index is 0.0851. The van der Waals surface area contributed by atoms with Crippen molar-refractivity contribution in [3.8, 4) is 0 Å². The van der Waals surface area contributed by atoms with Gasteiger partial charge in [-0.1, -0.05) is 41.4 Å². The van der Waals surface area contributed by atoms with Crippen LogP contribution in [0.5, 0.6) is 0 Å². The number of carbonyl (C=O) groups is 2. The Morgan fingerprint density at radius 2 is 1.93 bits per heavy atom. The topological polar surface area (TPSA) is 76.5 Å². The number of halogens is 5. The van der Waals surface area contributed by atoms with Crippen molar-refractivity contribution in [3.63, 3.8) is 0 Å². The normalized spacial score (nSPS) is 26.8. The first-order valence-electron chi connectivity index (χ1n) is 14.8. The molecule has 8 rings (SSSR count). The van der Waals surface area contributed by atoms with Gasteiger partial charge in [-0.15, -0.1) is 0 Å². The van der Waals surface area contributed by atoms with Gasteiger partial charge in [-0.2, -0.15) is 0 Å². The zero-order chi connectivity index (χ0) is 31.4. The number of carbonyl (C=O) groups excluding carboxylic acids is 2. The summed E-state index contributed by atoms with van der Waals surface area (Å²) in [5.41, 5.74) is 1.58. The number of nitrogens with one attached hydrogen (secondary N) is 1. The molecule has 4 aliphatic rings. The molecule has 0 radical (unpaired) electrons. The standard InChI is InChI=1S/C33H27Cl2F3N4O3/c1-45-30(43)17-5-8-24-23(11-17)39-29-26-25(9-10-41(24)29)42(15-16-13-32(37,38)14-16)33(27(26)19-3-2-4-21(35)28(19)36)20-7-6-18(34)12-22(20)40-31(33)44/h2-8,11-12,16,25-27H,9-10,13-15H2,1H3,(H,40,44)/t25-,26+,27-,33+/m0/s1. The number of fused-ring (bicyclic) bond motifs is 7. The average molecular weight is 656 g/mol. The van der Waals surface area contributed by atoms with Gasteiger partial charge in [-0.05, 0) is 54.3 Å². The van der Waals surface area contributed by atoms with Gasteiger partial charge in [0, 0.05) is 60.1 Å². The first kappa shape index (κ1) is 28.8. The number of aryl methyl sites for hydroxylation is 1. The summed E-state index contributed by atoms with van der Waals surface area (Å²) in [5.74, 6) is -5.36. The number of amides is 1. The molecule has 2 fully saturated rings. The van der Waals surface area contributed by atoms with Gasteiger partial charge in [-0.25, -0.2) is 22.9 Å². The molecule has 0 bridgehead atoms. The molecule has 1 N–H and O–H groups in total. The number of methoxy groups -OCH3 is 1. The van der Waals surface area contributed by atoms with Crippen molar-refractivity contribution in [1.82, 2.24) is 14.5 Å². The fourth-order valence-corrected chi connectivity index (χ4v) is 8.81. The van der Waals surface area contributed by atoms with Gasteiger partial charge in [0.15, 0.2) is 0 Å². The van der Waals surface area contributed by atoms with E-state index in [1.165, 1.54) is 13.2 Å². The summed E-state index contributed by atoms with van der Waals surface area (Å²) in [7, 11) is 1.31. The molecule has 0 unspecified atom stereocenters. The summed E-state index contributed by atoms with van der Waals surface area (Å²) in [6.45, 7) is 0.746. The summed E-state index contributed by atoms with van der Waals surface area (Å²) in [6, 6.07) is 14.7. The lowest BCUT2D eigenvalue weighted by Crippen LogP contribution is -2.55. The largest absolute Gasteiger partial charge is 0.465 e. The quantitative estimate of drug-likeness (QED) is 0.237. The molecule has 45 heavy (non-hydrogen) atoms. The predicted molar refractivity (Wildman–Crippen MR) is 163 cm³/mol. The molecular weight excluding hydrogens is 628 g/mol. The van der Waals surface area contributed by atoms with Crippen molar-refractivity contribution in [2.45, 2.75) is 55.1 Å². The number of aromatic nitrogens is 2. The minimum atomic E-state index is -2.75. The fourth-order valence-electron chi connectivity index (χ4n) is 8.45. The van der Waals surface area contributed by atoms with E-state index in [0.29, 0.717) is 46.1 Å². The summed E-state index contributed by atoms with van der Waals surface area (Å²) in [6.07, 6.45) is -0.00419. The van der Waals surface area contributed by atoms with Gasteiger partial charge in [0.25, 0.3) is 0 Å². The van der Waals surface area contributed by atoms with Crippen LogP contribution in [0.25, 0.3) is 11.0 Å². The number of esters is 1. The summed E-state index contributed by atoms with van der Waals surface area (Å²) < 4.78 is 51.6. The minimum Gasteiger partial charge on any atom is -0.465 e. The van der Waals surface area contributed by atoms with Crippen molar-refractivity contribution < 1.29 is 27.5 Å². The summed E-state index contributed by atoms with van der Waals surface area (Å²) in [5, 5.41) is 3.33. The Kier molecular flexibility index (Phi) is 6.38. The molecule has 1 aromatic heterocycles. The first-order valence-corrected chi connectivity index (χ1v) is 15.6. The Morgan fingerprint density at radius 3 is 2.69 bits per heavy atom. The molecule has 4 aromatic rings. The molecule has 1 amide bonds. The van der Waals surface area contributed by atoms with E-state index >= 15 is 4.39 Å². The molecule has 1 aliphatic carbocycles. The van der Waals surface area contributed by atoms with Crippen LogP contribution in [-0.2, 0) is 21.6 Å². The van der Waals surface area contributed by atoms with E-state index < -0.39 is 35.1 Å². The van der Waals surface area contributed by atoms with Gasteiger partial charge < -0.3 is 14.6 Å². The molecule has 1 saturated carbocycles. The lowest BCUT2D eigenvalue weighted by molar-refractivity contribution is -0.136. The Morgan fingerprint density at radius 1 is 1.13 bits per heavy atom. The van der Waals surface area contributed by atoms with Crippen LogP contribution >= 0.6 is 23.2 Å². The molecule has 7 nitrogen and oxygen atoms in total. The maximum absolute atomic E-state index is 16.3. The molecule has 232 valence electrons. The van der Waals surface area contributed by atoms with Crippen molar-refractivity contribution in [3.05, 3.63) is 93.0 Å². The number of imidazole rings is 1. The third-order valence-electron chi connectivity index (χ3n) is 10.2. The Bertz CT molecular complexity index is 1920. The van der Waals surface area contributed by atoms with Crippen LogP contribution in [0.4, 0.5) is 18.9 Å². The van der Waals surface area contributed by atoms with E-state index in [1.54, 1.807) is 42.5 Å². The summed E-state index contributed by atoms with van der Waals surface area (Å²) >= 11 is 12.7. The van der Waals surface area contributed by atoms with Gasteiger partial charge in [0.05, 0.1) is 28.7 Å². The third-order valence-corrected chi connectivity index (χ3v) is 10.7. The molecule has 4 heterocycles. The third kappa shape index (κ3) is 4.04. The molecule has 1 saturated heterocycles. The Labute approximate surface area is 266 Å². The number of hydrogen-bond acceptors (Lipinski definition) is 5. The Balaban J connectivity index is 1.39. The van der Waals surface area contributed by atoms with Crippen LogP contribution in [0.3, 0.4) is 0 Å². The number of ether oxygens (including phenoxy) is 1. The Hall–Kier alpha value is -3.60. The second-order valence-electron chi connectivity index (χ2n) is 12.5. The molecule has 3 aromatic carbocycles. The van der Waals surface area contributed by atoms with E-state index in [9.17, 15) is 18.4 Å². The highest BCUT2D eigenvalue weighted by Gasteiger charge is 2.69. The number of alkyl halides is 2. The highest BCUT2D eigenvalue weighted by Crippen LogP contribution is 2.65. The van der Waals surface area contributed by atoms with E-state index in [2.05, 4.69) is 9.88 Å². The average Bonchev–Trinajstić information content (AvgIpc) is 3.60. The van der Waals surface area contributed by atoms with E-state index in [0.717, 1.165) is 5.52 Å². The van der Waals surface area contributed by atoms with Gasteiger partial charge in [-0.3, -0.25) is 9.69 Å². The molecular formula is C33H27Cl2F3N4O3. The highest BCUT2D eigenvalue weighted by atomic mass is 35.5. The fraction of sp³-hybridized carbons (Fsp3) is 0.364. The summed E-state index contributed by atoms with van der Waals surface area (Å²) in [4.78, 5) is 34.0. The van der Waals surface area contributed by atoms with Gasteiger partial charge in [0.1, 0.15) is 17.2 Å². The van der Waals surface area contributed by atoms with Crippen LogP contribution < -0.4 is 5.32 Å². The number of benzene rings is 3. The second-order valence-corrected chi connectivity index (χ2v) is 13.4. The van der Waals surface area contributed by atoms with Crippen molar-refractivity contribution in [2.75, 3.05) is 19.0 Å². The molecule has 4 atom stereocenters. The maximum Gasteiger partial charge on any atom is 0.337 e. The van der Waals surface area contributed by atoms with Crippen molar-refractivity contribution in [1.29, 1.82) is 0 Å². The lowest BCUT2D eigenvalue weighted by Gasteiger charge is -2.45. The number of likely N-dealkylation sites (tertiary alicyclic amines) is 1. The molecule has 3 aliphatic heterocycles. The van der Waals surface area contributed by atoms with Crippen LogP contribution in [0.15, 0.2) is 54.6 Å². The number of anilines is 1. The second kappa shape index (κ2) is 9.95. The highest BCUT2D eigenvalue weighted by molar-refractivity contribution is 6.31. The predicted octanol–water partition coefficient (Wildman–Crippen LogP) is 7.12. The van der Waals surface area contributed by atoms with E-state index in [4.69, 9.17) is 32.9 Å². The van der Waals surface area contributed by atoms with E-state index in [1.807, 2.05) is 11.0 Å². The zero-order valence-corrected chi connectivity index (χ0v) is 25.5. The van der Waals surface area contributed by atoms with Crippen LogP contribution in [0.1, 0.15) is 58.4 Å². The van der Waals surface area contributed by atoms with Crippen LogP contribution in [0.2, 0.25) is 10.0 Å². The SMILES string of the molecule is COC(=O)c1ccc2c(c1)nc1n2CC[C@H]2[C@@H]1[C@H](c1cccc(Cl)c1F)[C@]1(C(=O)Nc3cc(Cl)ccc31)N2CC1CC(F)(F)C1. The van der Waals surface area contributed by atoms with Crippen molar-refractivity contribution in [2.24, 2.45) is 5.92 Å². The smallest absolute Gasteiger partial charge is 0.337 e. The zero-order valence-electron chi connectivity index (χ0n) is 24.0. The monoisotopic (exact) mass is 654 g/mol. The van der Waals surface area contributed by atoms with Crippen LogP contribution in [0, 0.1) is 11.7 Å². The molecule has 12 heteroatoms. The number of nitrogens with zero attached hydrogens (tertiary/aromatic N) is 3. The van der Waals surface area contributed by atoms with E-state index in [-0.39, 0.29) is 47.8 Å². The maximum atomic E-state index is 16.3. The number of hydrogen-bond donors (Lipinski definition) is 1. The van der Waals surface area contributed by atoms with Gasteiger partial charge in [0.2, 0.25) is 11.8 Å². The lowest BCUT2D eigenvalue weighted by atomic mass is 9.70. The first-order chi connectivity index (χ1) is 21.5. The molecule has 1 spiro atoms. The van der Waals surface area contributed by atoms with Gasteiger partial charge >= 0.3 is 5.97 Å². The number of rotatable bonds is 4. The van der Waals surface area contributed by atoms with Crippen molar-refractivity contribution >= 4 is 51.8 Å². The van der Waals surface area contributed by atoms with Crippen LogP contribution in [-0.4, -0.2) is 51.9 Å².